The molecular formula is C9H10Br2N2S. The van der Waals surface area contributed by atoms with E-state index in [0.717, 1.165) is 20.2 Å². The molecule has 0 heterocycles. The minimum Gasteiger partial charge on any atom is -0.376 e. The van der Waals surface area contributed by atoms with Crippen molar-refractivity contribution in [1.82, 2.24) is 0 Å². The molecule has 1 aromatic rings. The number of halogens is 2. The summed E-state index contributed by atoms with van der Waals surface area (Å²) < 4.78 is 2.01. The Labute approximate surface area is 106 Å². The van der Waals surface area contributed by atoms with Crippen molar-refractivity contribution in [3.05, 3.63) is 26.1 Å². The van der Waals surface area contributed by atoms with Gasteiger partial charge >= 0.3 is 0 Å². The number of nitrogens with one attached hydrogen (secondary N) is 1. The van der Waals surface area contributed by atoms with Gasteiger partial charge in [0.05, 0.1) is 5.69 Å². The lowest BCUT2D eigenvalue weighted by Gasteiger charge is -2.13. The zero-order chi connectivity index (χ0) is 10.9. The normalized spacial score (nSPS) is 10.0. The Morgan fingerprint density at radius 1 is 1.29 bits per heavy atom. The minimum atomic E-state index is 0.274. The maximum absolute atomic E-state index is 5.44. The lowest BCUT2D eigenvalue weighted by molar-refractivity contribution is 1.30. The van der Waals surface area contributed by atoms with Gasteiger partial charge in [0.25, 0.3) is 0 Å². The van der Waals surface area contributed by atoms with E-state index in [2.05, 4.69) is 37.2 Å². The van der Waals surface area contributed by atoms with Crippen molar-refractivity contribution < 1.29 is 0 Å². The topological polar surface area (TPSA) is 38.0 Å². The Morgan fingerprint density at radius 2 is 1.86 bits per heavy atom. The average Bonchev–Trinajstić information content (AvgIpc) is 2.09. The van der Waals surface area contributed by atoms with Crippen molar-refractivity contribution in [3.8, 4) is 0 Å². The van der Waals surface area contributed by atoms with E-state index in [9.17, 15) is 0 Å². The molecule has 1 rings (SSSR count). The molecule has 0 unspecified atom stereocenters. The highest BCUT2D eigenvalue weighted by Crippen LogP contribution is 2.33. The van der Waals surface area contributed by atoms with Crippen LogP contribution in [-0.4, -0.2) is 5.11 Å². The Bertz CT molecular complexity index is 391. The molecule has 76 valence electrons. The molecule has 0 saturated carbocycles. The molecule has 0 aromatic heterocycles. The molecule has 3 N–H and O–H groups in total. The second-order valence-corrected chi connectivity index (χ2v) is 5.10. The molecule has 14 heavy (non-hydrogen) atoms. The van der Waals surface area contributed by atoms with Gasteiger partial charge in [-0.1, -0.05) is 15.9 Å². The zero-order valence-electron chi connectivity index (χ0n) is 7.82. The highest BCUT2D eigenvalue weighted by Gasteiger charge is 2.09. The summed E-state index contributed by atoms with van der Waals surface area (Å²) >= 11 is 11.7. The Hall–Kier alpha value is -0.130. The van der Waals surface area contributed by atoms with Crippen LogP contribution < -0.4 is 11.1 Å². The first-order valence-corrected chi connectivity index (χ1v) is 5.94. The van der Waals surface area contributed by atoms with Crippen LogP contribution in [0, 0.1) is 13.8 Å². The SMILES string of the molecule is Cc1c(Br)cc(Br)c(NC(N)=S)c1C. The molecule has 1 aromatic carbocycles. The summed E-state index contributed by atoms with van der Waals surface area (Å²) in [5, 5.41) is 3.22. The number of hydrogen-bond donors (Lipinski definition) is 2. The van der Waals surface area contributed by atoms with Gasteiger partial charge in [0.15, 0.2) is 5.11 Å². The Balaban J connectivity index is 3.29. The lowest BCUT2D eigenvalue weighted by atomic mass is 10.1. The van der Waals surface area contributed by atoms with Crippen molar-refractivity contribution in [1.29, 1.82) is 0 Å². The van der Waals surface area contributed by atoms with Gasteiger partial charge in [-0.15, -0.1) is 0 Å². The van der Waals surface area contributed by atoms with E-state index in [-0.39, 0.29) is 5.11 Å². The molecule has 0 atom stereocenters. The fourth-order valence-electron chi connectivity index (χ4n) is 1.11. The fourth-order valence-corrected chi connectivity index (χ4v) is 2.68. The van der Waals surface area contributed by atoms with E-state index in [0.29, 0.717) is 0 Å². The van der Waals surface area contributed by atoms with Crippen LogP contribution in [0.15, 0.2) is 15.0 Å². The van der Waals surface area contributed by atoms with Crippen LogP contribution >= 0.6 is 44.1 Å². The van der Waals surface area contributed by atoms with E-state index in [1.807, 2.05) is 19.9 Å². The van der Waals surface area contributed by atoms with Gasteiger partial charge in [-0.2, -0.15) is 0 Å². The predicted molar refractivity (Wildman–Crippen MR) is 71.7 cm³/mol. The van der Waals surface area contributed by atoms with Gasteiger partial charge in [0.1, 0.15) is 0 Å². The van der Waals surface area contributed by atoms with Crippen LogP contribution in [0.3, 0.4) is 0 Å². The van der Waals surface area contributed by atoms with Gasteiger partial charge in [-0.3, -0.25) is 0 Å². The summed E-state index contributed by atoms with van der Waals surface area (Å²) in [6, 6.07) is 1.98. The van der Waals surface area contributed by atoms with Crippen LogP contribution in [0.4, 0.5) is 5.69 Å². The summed E-state index contributed by atoms with van der Waals surface area (Å²) in [6.45, 7) is 4.06. The summed E-state index contributed by atoms with van der Waals surface area (Å²) in [6.07, 6.45) is 0. The zero-order valence-corrected chi connectivity index (χ0v) is 11.8. The predicted octanol–water partition coefficient (Wildman–Crippen LogP) is 3.48. The molecule has 0 fully saturated rings. The average molecular weight is 338 g/mol. The second kappa shape index (κ2) is 4.59. The highest BCUT2D eigenvalue weighted by atomic mass is 79.9. The Kier molecular flexibility index (Phi) is 3.92. The van der Waals surface area contributed by atoms with E-state index in [1.54, 1.807) is 0 Å². The van der Waals surface area contributed by atoms with E-state index in [4.69, 9.17) is 18.0 Å². The van der Waals surface area contributed by atoms with Gasteiger partial charge < -0.3 is 11.1 Å². The Morgan fingerprint density at radius 3 is 2.36 bits per heavy atom. The standard InChI is InChI=1S/C9H10Br2N2S/c1-4-5(2)8(13-9(12)14)7(11)3-6(4)10/h3H,1-2H3,(H3,12,13,14). The summed E-state index contributed by atoms with van der Waals surface area (Å²) in [5.41, 5.74) is 8.66. The molecule has 0 radical (unpaired) electrons. The molecule has 0 aliphatic carbocycles. The molecule has 0 spiro atoms. The number of rotatable bonds is 1. The van der Waals surface area contributed by atoms with Crippen molar-refractivity contribution in [2.75, 3.05) is 5.32 Å². The molecular weight excluding hydrogens is 328 g/mol. The van der Waals surface area contributed by atoms with E-state index < -0.39 is 0 Å². The van der Waals surface area contributed by atoms with Gasteiger partial charge in [-0.25, -0.2) is 0 Å². The third-order valence-corrected chi connectivity index (χ3v) is 3.59. The minimum absolute atomic E-state index is 0.274. The molecule has 5 heteroatoms. The molecule has 0 aliphatic rings. The smallest absolute Gasteiger partial charge is 0.168 e. The number of anilines is 1. The van der Waals surface area contributed by atoms with Crippen LogP contribution in [-0.2, 0) is 0 Å². The maximum atomic E-state index is 5.44. The van der Waals surface area contributed by atoms with Gasteiger partial charge in [0, 0.05) is 8.95 Å². The largest absolute Gasteiger partial charge is 0.376 e. The first kappa shape index (κ1) is 11.9. The monoisotopic (exact) mass is 336 g/mol. The first-order chi connectivity index (χ1) is 6.43. The van der Waals surface area contributed by atoms with Crippen LogP contribution in [0.1, 0.15) is 11.1 Å². The van der Waals surface area contributed by atoms with Crippen LogP contribution in [0.2, 0.25) is 0 Å². The van der Waals surface area contributed by atoms with Crippen molar-refractivity contribution in [2.24, 2.45) is 5.73 Å². The molecule has 0 saturated heterocycles. The van der Waals surface area contributed by atoms with Crippen molar-refractivity contribution in [3.63, 3.8) is 0 Å². The van der Waals surface area contributed by atoms with Crippen molar-refractivity contribution >= 4 is 54.9 Å². The first-order valence-electron chi connectivity index (χ1n) is 3.95. The molecule has 0 bridgehead atoms. The molecule has 0 amide bonds. The van der Waals surface area contributed by atoms with Crippen molar-refractivity contribution in [2.45, 2.75) is 13.8 Å². The summed E-state index contributed by atoms with van der Waals surface area (Å²) in [4.78, 5) is 0. The lowest BCUT2D eigenvalue weighted by Crippen LogP contribution is -2.20. The summed E-state index contributed by atoms with van der Waals surface area (Å²) in [5.74, 6) is 0. The number of hydrogen-bond acceptors (Lipinski definition) is 1. The number of benzene rings is 1. The fraction of sp³-hybridized carbons (Fsp3) is 0.222. The highest BCUT2D eigenvalue weighted by molar-refractivity contribution is 9.11. The third-order valence-electron chi connectivity index (χ3n) is 2.04. The van der Waals surface area contributed by atoms with Gasteiger partial charge in [0.2, 0.25) is 0 Å². The second-order valence-electron chi connectivity index (χ2n) is 2.95. The summed E-state index contributed by atoms with van der Waals surface area (Å²) in [7, 11) is 0. The van der Waals surface area contributed by atoms with Crippen LogP contribution in [0.5, 0.6) is 0 Å². The molecule has 2 nitrogen and oxygen atoms in total. The number of nitrogens with two attached hydrogens (primary N) is 1. The third kappa shape index (κ3) is 2.46. The number of thiocarbonyl (C=S) groups is 1. The quantitative estimate of drug-likeness (QED) is 0.770. The molecule has 0 aliphatic heterocycles. The van der Waals surface area contributed by atoms with E-state index >= 15 is 0 Å². The van der Waals surface area contributed by atoms with Crippen LogP contribution in [0.25, 0.3) is 0 Å². The van der Waals surface area contributed by atoms with E-state index in [1.165, 1.54) is 5.56 Å². The maximum Gasteiger partial charge on any atom is 0.168 e. The van der Waals surface area contributed by atoms with Gasteiger partial charge in [-0.05, 0) is 59.2 Å².